The molecule has 0 saturated carbocycles. The van der Waals surface area contributed by atoms with E-state index in [4.69, 9.17) is 9.47 Å². The van der Waals surface area contributed by atoms with Crippen LogP contribution in [0.5, 0.6) is 0 Å². The average Bonchev–Trinajstić information content (AvgIpc) is 3.51. The van der Waals surface area contributed by atoms with E-state index < -0.39 is 46.8 Å². The van der Waals surface area contributed by atoms with Crippen LogP contribution in [0.25, 0.3) is 0 Å². The van der Waals surface area contributed by atoms with Crippen molar-refractivity contribution in [3.05, 3.63) is 119 Å². The van der Waals surface area contributed by atoms with Gasteiger partial charge in [-0.3, -0.25) is 19.2 Å². The predicted octanol–water partition coefficient (Wildman–Crippen LogP) is 4.73. The number of imide groups is 2. The van der Waals surface area contributed by atoms with Gasteiger partial charge in [0.1, 0.15) is 11.2 Å². The van der Waals surface area contributed by atoms with Gasteiger partial charge in [-0.25, -0.2) is 19.4 Å². The fourth-order valence-corrected chi connectivity index (χ4v) is 4.77. The number of hydrogen-bond acceptors (Lipinski definition) is 8. The molecule has 2 aliphatic heterocycles. The predicted molar refractivity (Wildman–Crippen MR) is 159 cm³/mol. The lowest BCUT2D eigenvalue weighted by molar-refractivity contribution is -0.121. The first-order valence-electron chi connectivity index (χ1n) is 13.7. The number of carbonyl (C=O) groups excluding carboxylic acids is 6. The molecular weight excluding hydrogens is 564 g/mol. The van der Waals surface area contributed by atoms with Crippen LogP contribution in [-0.2, 0) is 39.9 Å². The summed E-state index contributed by atoms with van der Waals surface area (Å²) in [5, 5.41) is 0. The molecule has 0 aliphatic carbocycles. The number of hydrogen-bond donors (Lipinski definition) is 0. The second kappa shape index (κ2) is 11.2. The normalized spacial score (nSPS) is 14.9. The first kappa shape index (κ1) is 29.8. The van der Waals surface area contributed by atoms with E-state index in [-0.39, 0.29) is 11.1 Å². The molecule has 3 aromatic rings. The SMILES string of the molecule is CC(C)(OC(=O)c1ccc(N2C(=O)C=CC2=O)cc1)c1ccc(C(C)(C)OC(=O)c2ccc(N3C(=O)C=CC3=O)cc2)cc1. The second-order valence-electron chi connectivity index (χ2n) is 11.2. The lowest BCUT2D eigenvalue weighted by atomic mass is 9.92. The number of rotatable bonds is 8. The second-order valence-corrected chi connectivity index (χ2v) is 11.2. The third-order valence-electron chi connectivity index (χ3n) is 7.31. The molecule has 44 heavy (non-hydrogen) atoms. The lowest BCUT2D eigenvalue weighted by Crippen LogP contribution is -2.29. The number of nitrogens with zero attached hydrogens (tertiary/aromatic N) is 2. The Morgan fingerprint density at radius 3 is 1.02 bits per heavy atom. The Kier molecular flexibility index (Phi) is 7.61. The molecule has 0 unspecified atom stereocenters. The zero-order valence-corrected chi connectivity index (χ0v) is 24.4. The molecule has 2 aliphatic rings. The van der Waals surface area contributed by atoms with Crippen LogP contribution in [0.15, 0.2) is 97.1 Å². The van der Waals surface area contributed by atoms with Crippen LogP contribution in [0.3, 0.4) is 0 Å². The molecule has 2 heterocycles. The van der Waals surface area contributed by atoms with E-state index in [1.165, 1.54) is 72.8 Å². The topological polar surface area (TPSA) is 127 Å². The number of esters is 2. The van der Waals surface area contributed by atoms with Crippen LogP contribution in [0.2, 0.25) is 0 Å². The van der Waals surface area contributed by atoms with Crippen LogP contribution >= 0.6 is 0 Å². The number of ether oxygens (including phenoxy) is 2. The molecule has 0 atom stereocenters. The standard InChI is InChI=1S/C34H28N2O8/c1-33(2,43-31(41)21-5-13-25(14-6-21)35-27(37)17-18-28(35)38)23-9-11-24(12-10-23)34(3,4)44-32(42)22-7-15-26(16-8-22)36-29(39)19-20-30(36)40/h5-20H,1-4H3. The minimum Gasteiger partial charge on any atom is -0.451 e. The highest BCUT2D eigenvalue weighted by molar-refractivity contribution is 6.28. The van der Waals surface area contributed by atoms with Gasteiger partial charge in [0.25, 0.3) is 23.6 Å². The fraction of sp³-hybridized carbons (Fsp3) is 0.176. The minimum absolute atomic E-state index is 0.252. The Labute approximate surface area is 253 Å². The van der Waals surface area contributed by atoms with Crippen LogP contribution in [-0.4, -0.2) is 35.6 Å². The third-order valence-corrected chi connectivity index (χ3v) is 7.31. The first-order chi connectivity index (χ1) is 20.8. The summed E-state index contributed by atoms with van der Waals surface area (Å²) in [5.74, 6) is -2.97. The van der Waals surface area contributed by atoms with Gasteiger partial charge in [-0.2, -0.15) is 0 Å². The van der Waals surface area contributed by atoms with Crippen LogP contribution < -0.4 is 9.80 Å². The van der Waals surface area contributed by atoms with Crippen molar-refractivity contribution in [1.29, 1.82) is 0 Å². The van der Waals surface area contributed by atoms with Crippen molar-refractivity contribution in [1.82, 2.24) is 0 Å². The number of anilines is 2. The quantitative estimate of drug-likeness (QED) is 0.271. The minimum atomic E-state index is -1.02. The number of benzene rings is 3. The summed E-state index contributed by atoms with van der Waals surface area (Å²) in [5.41, 5.74) is 0.565. The van der Waals surface area contributed by atoms with Gasteiger partial charge >= 0.3 is 11.9 Å². The maximum Gasteiger partial charge on any atom is 0.338 e. The summed E-state index contributed by atoms with van der Waals surface area (Å²) >= 11 is 0. The zero-order chi connectivity index (χ0) is 31.8. The van der Waals surface area contributed by atoms with E-state index in [0.717, 1.165) is 9.80 Å². The van der Waals surface area contributed by atoms with E-state index in [0.29, 0.717) is 22.5 Å². The van der Waals surface area contributed by atoms with Gasteiger partial charge in [-0.1, -0.05) is 24.3 Å². The van der Waals surface area contributed by atoms with Gasteiger partial charge < -0.3 is 9.47 Å². The molecule has 4 amide bonds. The fourth-order valence-electron chi connectivity index (χ4n) is 4.77. The van der Waals surface area contributed by atoms with Crippen molar-refractivity contribution in [2.24, 2.45) is 0 Å². The van der Waals surface area contributed by atoms with E-state index in [1.807, 2.05) is 0 Å². The summed E-state index contributed by atoms with van der Waals surface area (Å²) in [6, 6.07) is 19.1. The summed E-state index contributed by atoms with van der Waals surface area (Å²) in [4.78, 5) is 75.5. The van der Waals surface area contributed by atoms with E-state index in [2.05, 4.69) is 0 Å². The maximum atomic E-state index is 12.9. The Hall–Kier alpha value is -5.64. The van der Waals surface area contributed by atoms with E-state index in [1.54, 1.807) is 52.0 Å². The van der Waals surface area contributed by atoms with E-state index >= 15 is 0 Å². The van der Waals surface area contributed by atoms with Crippen molar-refractivity contribution in [2.45, 2.75) is 38.9 Å². The van der Waals surface area contributed by atoms with Gasteiger partial charge in [-0.15, -0.1) is 0 Å². The largest absolute Gasteiger partial charge is 0.451 e. The Morgan fingerprint density at radius 1 is 0.477 bits per heavy atom. The molecule has 222 valence electrons. The van der Waals surface area contributed by atoms with Crippen molar-refractivity contribution in [3.8, 4) is 0 Å². The third kappa shape index (κ3) is 5.82. The van der Waals surface area contributed by atoms with Gasteiger partial charge in [-0.05, 0) is 87.4 Å². The molecule has 0 bridgehead atoms. The molecule has 0 saturated heterocycles. The molecule has 0 fully saturated rings. The van der Waals surface area contributed by atoms with Gasteiger partial charge in [0.05, 0.1) is 22.5 Å². The summed E-state index contributed by atoms with van der Waals surface area (Å²) < 4.78 is 11.6. The highest BCUT2D eigenvalue weighted by atomic mass is 16.6. The summed E-state index contributed by atoms with van der Waals surface area (Å²) in [6.07, 6.45) is 4.74. The Bertz CT molecular complexity index is 1580. The maximum absolute atomic E-state index is 12.9. The van der Waals surface area contributed by atoms with Crippen molar-refractivity contribution in [2.75, 3.05) is 9.80 Å². The van der Waals surface area contributed by atoms with Crippen LogP contribution in [0, 0.1) is 0 Å². The zero-order valence-electron chi connectivity index (χ0n) is 24.4. The summed E-state index contributed by atoms with van der Waals surface area (Å²) in [6.45, 7) is 6.98. The molecule has 0 radical (unpaired) electrons. The summed E-state index contributed by atoms with van der Waals surface area (Å²) in [7, 11) is 0. The highest BCUT2D eigenvalue weighted by Gasteiger charge is 2.31. The highest BCUT2D eigenvalue weighted by Crippen LogP contribution is 2.32. The molecule has 5 rings (SSSR count). The Morgan fingerprint density at radius 2 is 0.750 bits per heavy atom. The van der Waals surface area contributed by atoms with Crippen molar-refractivity contribution < 1.29 is 38.2 Å². The van der Waals surface area contributed by atoms with Crippen molar-refractivity contribution in [3.63, 3.8) is 0 Å². The monoisotopic (exact) mass is 592 g/mol. The average molecular weight is 593 g/mol. The number of amides is 4. The first-order valence-corrected chi connectivity index (χ1v) is 13.7. The van der Waals surface area contributed by atoms with Gasteiger partial charge in [0.2, 0.25) is 0 Å². The molecule has 0 N–H and O–H groups in total. The molecule has 10 nitrogen and oxygen atoms in total. The molecule has 3 aromatic carbocycles. The van der Waals surface area contributed by atoms with E-state index in [9.17, 15) is 28.8 Å². The molecule has 0 aromatic heterocycles. The van der Waals surface area contributed by atoms with Crippen LogP contribution in [0.4, 0.5) is 11.4 Å². The lowest BCUT2D eigenvalue weighted by Gasteiger charge is -2.29. The van der Waals surface area contributed by atoms with Crippen LogP contribution in [0.1, 0.15) is 59.5 Å². The molecule has 0 spiro atoms. The van der Waals surface area contributed by atoms with Crippen molar-refractivity contribution >= 4 is 46.9 Å². The number of carbonyl (C=O) groups is 6. The smallest absolute Gasteiger partial charge is 0.338 e. The molecular formula is C34H28N2O8. The Balaban J connectivity index is 1.22. The molecule has 10 heteroatoms. The van der Waals surface area contributed by atoms with Gasteiger partial charge in [0.15, 0.2) is 0 Å². The van der Waals surface area contributed by atoms with Gasteiger partial charge in [0, 0.05) is 24.3 Å².